The molecule has 3 nitrogen and oxygen atoms in total. The van der Waals surface area contributed by atoms with Gasteiger partial charge in [-0.2, -0.15) is 0 Å². The first-order chi connectivity index (χ1) is 6.85. The Labute approximate surface area is 84.3 Å². The summed E-state index contributed by atoms with van der Waals surface area (Å²) in [5.41, 5.74) is 6.77. The Bertz CT molecular complexity index is 314. The van der Waals surface area contributed by atoms with E-state index in [4.69, 9.17) is 10.5 Å². The van der Waals surface area contributed by atoms with Crippen molar-refractivity contribution in [1.82, 2.24) is 4.98 Å². The van der Waals surface area contributed by atoms with Gasteiger partial charge in [-0.1, -0.05) is 6.92 Å². The molecule has 14 heavy (non-hydrogen) atoms. The highest BCUT2D eigenvalue weighted by Gasteiger charge is 2.27. The lowest BCUT2D eigenvalue weighted by Gasteiger charge is -2.29. The summed E-state index contributed by atoms with van der Waals surface area (Å²) in [5.74, 6) is 1.28. The summed E-state index contributed by atoms with van der Waals surface area (Å²) >= 11 is 0. The van der Waals surface area contributed by atoms with Gasteiger partial charge >= 0.3 is 0 Å². The van der Waals surface area contributed by atoms with Crippen molar-refractivity contribution < 1.29 is 4.74 Å². The smallest absolute Gasteiger partial charge is 0.141 e. The molecule has 1 aromatic rings. The number of nitrogens with two attached hydrogens (primary N) is 1. The fourth-order valence-electron chi connectivity index (χ4n) is 1.92. The van der Waals surface area contributed by atoms with Gasteiger partial charge < -0.3 is 10.5 Å². The number of aromatic nitrogens is 1. The summed E-state index contributed by atoms with van der Waals surface area (Å²) in [6.45, 7) is 2.80. The van der Waals surface area contributed by atoms with Gasteiger partial charge in [-0.05, 0) is 25.0 Å². The lowest BCUT2D eigenvalue weighted by Crippen LogP contribution is -2.29. The van der Waals surface area contributed by atoms with Crippen molar-refractivity contribution >= 4 is 0 Å². The quantitative estimate of drug-likeness (QED) is 0.775. The van der Waals surface area contributed by atoms with Gasteiger partial charge in [0.25, 0.3) is 0 Å². The molecule has 0 saturated heterocycles. The van der Waals surface area contributed by atoms with Gasteiger partial charge in [0.2, 0.25) is 0 Å². The van der Waals surface area contributed by atoms with Crippen LogP contribution in [0.4, 0.5) is 0 Å². The van der Waals surface area contributed by atoms with E-state index in [1.807, 2.05) is 12.1 Å². The van der Waals surface area contributed by atoms with Crippen molar-refractivity contribution in [3.05, 3.63) is 24.0 Å². The summed E-state index contributed by atoms with van der Waals surface area (Å²) < 4.78 is 5.80. The minimum Gasteiger partial charge on any atom is -0.488 e. The van der Waals surface area contributed by atoms with Gasteiger partial charge in [-0.3, -0.25) is 4.98 Å². The largest absolute Gasteiger partial charge is 0.488 e. The third-order valence-electron chi connectivity index (χ3n) is 2.77. The topological polar surface area (TPSA) is 48.1 Å². The number of pyridine rings is 1. The Morgan fingerprint density at radius 3 is 3.21 bits per heavy atom. The van der Waals surface area contributed by atoms with E-state index < -0.39 is 0 Å². The molecular formula is C11H16N2O. The normalized spacial score (nSPS) is 25.3. The van der Waals surface area contributed by atoms with Crippen LogP contribution in [0.5, 0.6) is 5.75 Å². The van der Waals surface area contributed by atoms with Crippen molar-refractivity contribution in [3.63, 3.8) is 0 Å². The second-order valence-electron chi connectivity index (χ2n) is 3.70. The van der Waals surface area contributed by atoms with Crippen molar-refractivity contribution in [2.45, 2.75) is 31.8 Å². The van der Waals surface area contributed by atoms with E-state index >= 15 is 0 Å². The highest BCUT2D eigenvalue weighted by molar-refractivity contribution is 5.32. The summed E-state index contributed by atoms with van der Waals surface area (Å²) in [4.78, 5) is 4.34. The molecule has 0 aliphatic carbocycles. The fraction of sp³-hybridized carbons (Fsp3) is 0.545. The second-order valence-corrected chi connectivity index (χ2v) is 3.70. The Balaban J connectivity index is 2.31. The van der Waals surface area contributed by atoms with Gasteiger partial charge in [0.1, 0.15) is 5.75 Å². The van der Waals surface area contributed by atoms with Crippen LogP contribution >= 0.6 is 0 Å². The number of fused-ring (bicyclic) bond motifs is 1. The van der Waals surface area contributed by atoms with E-state index in [0.717, 1.165) is 24.3 Å². The highest BCUT2D eigenvalue weighted by atomic mass is 16.5. The Morgan fingerprint density at radius 1 is 1.64 bits per heavy atom. The van der Waals surface area contributed by atoms with Crippen LogP contribution in [0.2, 0.25) is 0 Å². The van der Waals surface area contributed by atoms with Gasteiger partial charge in [0.05, 0.1) is 11.8 Å². The van der Waals surface area contributed by atoms with Crippen LogP contribution < -0.4 is 10.5 Å². The zero-order valence-corrected chi connectivity index (χ0v) is 8.44. The molecule has 0 radical (unpaired) electrons. The van der Waals surface area contributed by atoms with Crippen LogP contribution in [0, 0.1) is 0 Å². The summed E-state index contributed by atoms with van der Waals surface area (Å²) in [6, 6.07) is 3.89. The van der Waals surface area contributed by atoms with E-state index in [1.54, 1.807) is 6.20 Å². The summed E-state index contributed by atoms with van der Waals surface area (Å²) in [5, 5.41) is 0. The van der Waals surface area contributed by atoms with Gasteiger partial charge in [0, 0.05) is 18.7 Å². The first-order valence-corrected chi connectivity index (χ1v) is 5.16. The van der Waals surface area contributed by atoms with Crippen molar-refractivity contribution in [3.8, 4) is 5.75 Å². The predicted octanol–water partition coefficient (Wildman–Crippen LogP) is 1.69. The SMILES string of the molecule is CC[C@@H]1C[C@@H](CN)c2ncccc2O1. The molecule has 2 rings (SSSR count). The zero-order valence-electron chi connectivity index (χ0n) is 8.44. The molecule has 2 atom stereocenters. The summed E-state index contributed by atoms with van der Waals surface area (Å²) in [7, 11) is 0. The van der Waals surface area contributed by atoms with Crippen LogP contribution in [0.3, 0.4) is 0 Å². The Morgan fingerprint density at radius 2 is 2.50 bits per heavy atom. The molecule has 1 aromatic heterocycles. The predicted molar refractivity (Wildman–Crippen MR) is 55.4 cm³/mol. The van der Waals surface area contributed by atoms with Crippen molar-refractivity contribution in [2.75, 3.05) is 6.54 Å². The fourth-order valence-corrected chi connectivity index (χ4v) is 1.92. The standard InChI is InChI=1S/C11H16N2O/c1-2-9-6-8(7-12)11-10(14-9)4-3-5-13-11/h3-5,8-9H,2,6-7,12H2,1H3/t8-,9+/m0/s1. The molecule has 76 valence electrons. The van der Waals surface area contributed by atoms with Crippen LogP contribution in [0.15, 0.2) is 18.3 Å². The average Bonchev–Trinajstić information content (AvgIpc) is 2.27. The average molecular weight is 192 g/mol. The molecular weight excluding hydrogens is 176 g/mol. The van der Waals surface area contributed by atoms with Crippen LogP contribution in [-0.4, -0.2) is 17.6 Å². The van der Waals surface area contributed by atoms with Crippen LogP contribution in [0.25, 0.3) is 0 Å². The van der Waals surface area contributed by atoms with E-state index in [0.29, 0.717) is 18.6 Å². The number of hydrogen-bond acceptors (Lipinski definition) is 3. The molecule has 0 aromatic carbocycles. The minimum atomic E-state index is 0.306. The molecule has 0 unspecified atom stereocenters. The van der Waals surface area contributed by atoms with Crippen molar-refractivity contribution in [2.24, 2.45) is 5.73 Å². The van der Waals surface area contributed by atoms with Gasteiger partial charge in [-0.15, -0.1) is 0 Å². The number of rotatable bonds is 2. The maximum absolute atomic E-state index is 5.80. The third kappa shape index (κ3) is 1.60. The molecule has 0 saturated carbocycles. The number of hydrogen-bond donors (Lipinski definition) is 1. The lowest BCUT2D eigenvalue weighted by molar-refractivity contribution is 0.153. The molecule has 3 heteroatoms. The van der Waals surface area contributed by atoms with E-state index in [9.17, 15) is 0 Å². The molecule has 0 bridgehead atoms. The highest BCUT2D eigenvalue weighted by Crippen LogP contribution is 2.34. The first-order valence-electron chi connectivity index (χ1n) is 5.16. The summed E-state index contributed by atoms with van der Waals surface area (Å²) in [6.07, 6.45) is 4.14. The van der Waals surface area contributed by atoms with Crippen molar-refractivity contribution in [1.29, 1.82) is 0 Å². The zero-order chi connectivity index (χ0) is 9.97. The Hall–Kier alpha value is -1.09. The third-order valence-corrected chi connectivity index (χ3v) is 2.77. The number of ether oxygens (including phenoxy) is 1. The molecule has 1 aliphatic heterocycles. The Kier molecular flexibility index (Phi) is 2.68. The van der Waals surface area contributed by atoms with E-state index in [2.05, 4.69) is 11.9 Å². The van der Waals surface area contributed by atoms with Gasteiger partial charge in [0.15, 0.2) is 0 Å². The van der Waals surface area contributed by atoms with E-state index in [1.165, 1.54) is 0 Å². The lowest BCUT2D eigenvalue weighted by atomic mass is 9.93. The minimum absolute atomic E-state index is 0.306. The molecule has 0 fully saturated rings. The van der Waals surface area contributed by atoms with Crippen LogP contribution in [-0.2, 0) is 0 Å². The van der Waals surface area contributed by atoms with Gasteiger partial charge in [-0.25, -0.2) is 0 Å². The monoisotopic (exact) mass is 192 g/mol. The maximum Gasteiger partial charge on any atom is 0.141 e. The maximum atomic E-state index is 5.80. The first kappa shape index (κ1) is 9.46. The molecule has 1 aliphatic rings. The molecule has 0 amide bonds. The number of nitrogens with zero attached hydrogens (tertiary/aromatic N) is 1. The molecule has 2 heterocycles. The second kappa shape index (κ2) is 3.96. The van der Waals surface area contributed by atoms with E-state index in [-0.39, 0.29) is 0 Å². The molecule has 2 N–H and O–H groups in total. The molecule has 0 spiro atoms. The van der Waals surface area contributed by atoms with Crippen LogP contribution in [0.1, 0.15) is 31.4 Å².